The quantitative estimate of drug-likeness (QED) is 0.731. The Morgan fingerprint density at radius 2 is 1.64 bits per heavy atom. The van der Waals surface area contributed by atoms with Gasteiger partial charge < -0.3 is 14.2 Å². The van der Waals surface area contributed by atoms with Crippen molar-refractivity contribution in [2.24, 2.45) is 0 Å². The molecule has 0 unspecified atom stereocenters. The van der Waals surface area contributed by atoms with E-state index in [1.54, 1.807) is 18.2 Å². The monoisotopic (exact) mass is 365 g/mol. The van der Waals surface area contributed by atoms with Crippen LogP contribution in [0, 0.1) is 0 Å². The standard InChI is InChI=1S/C17H19NO6S/c1-18(13-7-5-6-12(10-13)17(19)24-4)25(20,21)14-8-9-15(22-2)16(11-14)23-3/h5-11H,1-4H3. The number of rotatable bonds is 6. The third kappa shape index (κ3) is 3.69. The number of methoxy groups -OCH3 is 3. The first-order valence-corrected chi connectivity index (χ1v) is 8.68. The predicted molar refractivity (Wildman–Crippen MR) is 92.9 cm³/mol. The van der Waals surface area contributed by atoms with Crippen LogP contribution in [0.25, 0.3) is 0 Å². The van der Waals surface area contributed by atoms with E-state index in [0.717, 1.165) is 4.31 Å². The SMILES string of the molecule is COC(=O)c1cccc(N(C)S(=O)(=O)c2ccc(OC)c(OC)c2)c1. The lowest BCUT2D eigenvalue weighted by Gasteiger charge is -2.20. The molecule has 0 aliphatic carbocycles. The zero-order valence-electron chi connectivity index (χ0n) is 14.3. The Hall–Kier alpha value is -2.74. The molecule has 0 saturated heterocycles. The molecule has 8 heteroatoms. The molecule has 0 heterocycles. The second kappa shape index (κ2) is 7.43. The number of anilines is 1. The number of hydrogen-bond donors (Lipinski definition) is 0. The molecule has 134 valence electrons. The molecule has 2 rings (SSSR count). The molecule has 0 radical (unpaired) electrons. The van der Waals surface area contributed by atoms with Gasteiger partial charge in [0.05, 0.1) is 37.5 Å². The lowest BCUT2D eigenvalue weighted by molar-refractivity contribution is 0.0600. The van der Waals surface area contributed by atoms with E-state index in [1.165, 1.54) is 52.6 Å². The van der Waals surface area contributed by atoms with E-state index in [0.29, 0.717) is 17.2 Å². The molecular weight excluding hydrogens is 346 g/mol. The van der Waals surface area contributed by atoms with Crippen LogP contribution < -0.4 is 13.8 Å². The van der Waals surface area contributed by atoms with Crippen molar-refractivity contribution in [2.45, 2.75) is 4.90 Å². The highest BCUT2D eigenvalue weighted by atomic mass is 32.2. The second-order valence-corrected chi connectivity index (χ2v) is 7.00. The average molecular weight is 365 g/mol. The summed E-state index contributed by atoms with van der Waals surface area (Å²) in [5.74, 6) is 0.191. The molecule has 0 N–H and O–H groups in total. The van der Waals surface area contributed by atoms with Gasteiger partial charge in [-0.15, -0.1) is 0 Å². The normalized spacial score (nSPS) is 10.9. The highest BCUT2D eigenvalue weighted by molar-refractivity contribution is 7.92. The fraction of sp³-hybridized carbons (Fsp3) is 0.235. The first-order chi connectivity index (χ1) is 11.8. The number of sulfonamides is 1. The molecule has 0 fully saturated rings. The van der Waals surface area contributed by atoms with Crippen molar-refractivity contribution in [3.05, 3.63) is 48.0 Å². The predicted octanol–water partition coefficient (Wildman–Crippen LogP) is 2.32. The van der Waals surface area contributed by atoms with E-state index in [-0.39, 0.29) is 10.5 Å². The summed E-state index contributed by atoms with van der Waals surface area (Å²) in [5.41, 5.74) is 0.590. The summed E-state index contributed by atoms with van der Waals surface area (Å²) in [4.78, 5) is 11.7. The molecule has 2 aromatic carbocycles. The molecule has 0 saturated carbocycles. The topological polar surface area (TPSA) is 82.1 Å². The average Bonchev–Trinajstić information content (AvgIpc) is 2.65. The summed E-state index contributed by atoms with van der Waals surface area (Å²) in [5, 5.41) is 0. The summed E-state index contributed by atoms with van der Waals surface area (Å²) < 4.78 is 41.7. The number of benzene rings is 2. The van der Waals surface area contributed by atoms with E-state index in [4.69, 9.17) is 9.47 Å². The summed E-state index contributed by atoms with van der Waals surface area (Å²) in [6, 6.07) is 10.5. The smallest absolute Gasteiger partial charge is 0.337 e. The number of hydrogen-bond acceptors (Lipinski definition) is 6. The van der Waals surface area contributed by atoms with Gasteiger partial charge in [-0.25, -0.2) is 13.2 Å². The van der Waals surface area contributed by atoms with Crippen molar-refractivity contribution in [3.8, 4) is 11.5 Å². The molecule has 0 aromatic heterocycles. The van der Waals surface area contributed by atoms with Crippen molar-refractivity contribution >= 4 is 21.7 Å². The number of carbonyl (C=O) groups is 1. The van der Waals surface area contributed by atoms with Crippen molar-refractivity contribution in [1.82, 2.24) is 0 Å². The van der Waals surface area contributed by atoms with Gasteiger partial charge in [-0.2, -0.15) is 0 Å². The molecular formula is C17H19NO6S. The third-order valence-electron chi connectivity index (χ3n) is 3.64. The zero-order valence-corrected chi connectivity index (χ0v) is 15.2. The Morgan fingerprint density at radius 3 is 2.24 bits per heavy atom. The maximum atomic E-state index is 12.9. The van der Waals surface area contributed by atoms with Gasteiger partial charge in [0.25, 0.3) is 10.0 Å². The molecule has 0 amide bonds. The third-order valence-corrected chi connectivity index (χ3v) is 5.43. The minimum absolute atomic E-state index is 0.0381. The van der Waals surface area contributed by atoms with Crippen LogP contribution in [0.1, 0.15) is 10.4 Å². The van der Waals surface area contributed by atoms with Crippen molar-refractivity contribution in [1.29, 1.82) is 0 Å². The van der Waals surface area contributed by atoms with E-state index in [9.17, 15) is 13.2 Å². The Morgan fingerprint density at radius 1 is 0.960 bits per heavy atom. The number of nitrogens with zero attached hydrogens (tertiary/aromatic N) is 1. The fourth-order valence-electron chi connectivity index (χ4n) is 2.22. The van der Waals surface area contributed by atoms with Gasteiger partial charge in [-0.05, 0) is 30.3 Å². The van der Waals surface area contributed by atoms with Crippen molar-refractivity contribution < 1.29 is 27.4 Å². The van der Waals surface area contributed by atoms with Crippen LogP contribution in [0.3, 0.4) is 0 Å². The Bertz CT molecular complexity index is 878. The van der Waals surface area contributed by atoms with E-state index in [1.807, 2.05) is 0 Å². The molecule has 25 heavy (non-hydrogen) atoms. The zero-order chi connectivity index (χ0) is 18.6. The van der Waals surface area contributed by atoms with Crippen molar-refractivity contribution in [3.63, 3.8) is 0 Å². The van der Waals surface area contributed by atoms with Crippen LogP contribution in [0.2, 0.25) is 0 Å². The maximum absolute atomic E-state index is 12.9. The summed E-state index contributed by atoms with van der Waals surface area (Å²) >= 11 is 0. The molecule has 0 bridgehead atoms. The first kappa shape index (κ1) is 18.6. The Labute approximate surface area is 146 Å². The van der Waals surface area contributed by atoms with E-state index >= 15 is 0 Å². The molecule has 2 aromatic rings. The molecule has 0 spiro atoms. The van der Waals surface area contributed by atoms with Gasteiger partial charge in [0.2, 0.25) is 0 Å². The van der Waals surface area contributed by atoms with Gasteiger partial charge in [-0.3, -0.25) is 4.31 Å². The summed E-state index contributed by atoms with van der Waals surface area (Å²) in [6.07, 6.45) is 0. The largest absolute Gasteiger partial charge is 0.493 e. The Kier molecular flexibility index (Phi) is 5.53. The minimum atomic E-state index is -3.85. The van der Waals surface area contributed by atoms with Crippen molar-refractivity contribution in [2.75, 3.05) is 32.7 Å². The van der Waals surface area contributed by atoms with Crippen LogP contribution in [-0.4, -0.2) is 42.8 Å². The van der Waals surface area contributed by atoms with Crippen LogP contribution in [0.5, 0.6) is 11.5 Å². The molecule has 0 aliphatic heterocycles. The van der Waals surface area contributed by atoms with Gasteiger partial charge in [0.1, 0.15) is 0 Å². The molecule has 0 aliphatic rings. The number of ether oxygens (including phenoxy) is 3. The van der Waals surface area contributed by atoms with Crippen LogP contribution in [0.15, 0.2) is 47.4 Å². The lowest BCUT2D eigenvalue weighted by atomic mass is 10.2. The number of esters is 1. The van der Waals surface area contributed by atoms with Crippen LogP contribution in [0.4, 0.5) is 5.69 Å². The van der Waals surface area contributed by atoms with Gasteiger partial charge >= 0.3 is 5.97 Å². The first-order valence-electron chi connectivity index (χ1n) is 7.24. The Balaban J connectivity index is 2.44. The van der Waals surface area contributed by atoms with Gasteiger partial charge in [-0.1, -0.05) is 6.07 Å². The molecule has 7 nitrogen and oxygen atoms in total. The number of carbonyl (C=O) groups excluding carboxylic acids is 1. The highest BCUT2D eigenvalue weighted by Gasteiger charge is 2.23. The fourth-order valence-corrected chi connectivity index (χ4v) is 3.42. The van der Waals surface area contributed by atoms with E-state index < -0.39 is 16.0 Å². The lowest BCUT2D eigenvalue weighted by Crippen LogP contribution is -2.26. The van der Waals surface area contributed by atoms with Gasteiger partial charge in [0.15, 0.2) is 11.5 Å². The maximum Gasteiger partial charge on any atom is 0.337 e. The summed E-state index contributed by atoms with van der Waals surface area (Å²) in [7, 11) is 1.71. The van der Waals surface area contributed by atoms with Crippen LogP contribution in [-0.2, 0) is 14.8 Å². The molecule has 0 atom stereocenters. The second-order valence-electron chi connectivity index (χ2n) is 5.03. The highest BCUT2D eigenvalue weighted by Crippen LogP contribution is 2.31. The summed E-state index contributed by atoms with van der Waals surface area (Å²) in [6.45, 7) is 0. The van der Waals surface area contributed by atoms with E-state index in [2.05, 4.69) is 4.74 Å². The minimum Gasteiger partial charge on any atom is -0.493 e. The van der Waals surface area contributed by atoms with Crippen LogP contribution >= 0.6 is 0 Å². The van der Waals surface area contributed by atoms with Gasteiger partial charge in [0, 0.05) is 13.1 Å².